The quantitative estimate of drug-likeness (QED) is 0.910. The summed E-state index contributed by atoms with van der Waals surface area (Å²) in [4.78, 5) is 4.59. The van der Waals surface area contributed by atoms with Crippen molar-refractivity contribution in [1.82, 2.24) is 20.1 Å². The zero-order chi connectivity index (χ0) is 14.7. The Kier molecular flexibility index (Phi) is 4.55. The van der Waals surface area contributed by atoms with E-state index < -0.39 is 0 Å². The van der Waals surface area contributed by atoms with Gasteiger partial charge in [0.15, 0.2) is 5.82 Å². The Balaban J connectivity index is 2.22. The van der Waals surface area contributed by atoms with Gasteiger partial charge in [0.05, 0.1) is 5.69 Å². The first-order valence-electron chi connectivity index (χ1n) is 7.17. The molecular weight excluding hydrogens is 248 g/mol. The van der Waals surface area contributed by atoms with Crippen molar-refractivity contribution in [3.8, 4) is 5.82 Å². The van der Waals surface area contributed by atoms with Gasteiger partial charge in [0.25, 0.3) is 0 Å². The number of nitrogens with zero attached hydrogens (tertiary/aromatic N) is 3. The average Bonchev–Trinajstić information content (AvgIpc) is 2.67. The van der Waals surface area contributed by atoms with E-state index in [2.05, 4.69) is 54.4 Å². The van der Waals surface area contributed by atoms with Crippen molar-refractivity contribution in [2.24, 2.45) is 5.92 Å². The van der Waals surface area contributed by atoms with E-state index in [1.807, 2.05) is 18.5 Å². The minimum atomic E-state index is 0.661. The maximum Gasteiger partial charge on any atom is 0.154 e. The highest BCUT2D eigenvalue weighted by Crippen LogP contribution is 2.13. The van der Waals surface area contributed by atoms with Crippen molar-refractivity contribution < 1.29 is 0 Å². The van der Waals surface area contributed by atoms with Gasteiger partial charge in [-0.3, -0.25) is 0 Å². The number of hydrogen-bond donors (Lipinski definition) is 1. The zero-order valence-electron chi connectivity index (χ0n) is 13.1. The molecule has 0 radical (unpaired) electrons. The number of nitrogens with one attached hydrogen (secondary N) is 1. The van der Waals surface area contributed by atoms with Crippen molar-refractivity contribution in [2.45, 2.75) is 41.2 Å². The van der Waals surface area contributed by atoms with Crippen molar-refractivity contribution in [2.75, 3.05) is 6.54 Å². The molecule has 2 heterocycles. The number of aryl methyl sites for hydroxylation is 3. The molecule has 0 atom stereocenters. The largest absolute Gasteiger partial charge is 0.312 e. The Morgan fingerprint density at radius 2 is 1.85 bits per heavy atom. The molecule has 0 aliphatic heterocycles. The molecule has 4 heteroatoms. The summed E-state index contributed by atoms with van der Waals surface area (Å²) in [5, 5.41) is 7.97. The van der Waals surface area contributed by atoms with Crippen LogP contribution in [0.5, 0.6) is 0 Å². The fraction of sp³-hybridized carbons (Fsp3) is 0.500. The lowest BCUT2D eigenvalue weighted by molar-refractivity contribution is 0.552. The van der Waals surface area contributed by atoms with Crippen LogP contribution in [0.3, 0.4) is 0 Å². The molecule has 0 saturated heterocycles. The van der Waals surface area contributed by atoms with E-state index in [1.165, 1.54) is 5.56 Å². The maximum absolute atomic E-state index is 4.59. The molecule has 0 spiro atoms. The molecule has 0 bridgehead atoms. The fourth-order valence-corrected chi connectivity index (χ4v) is 2.30. The molecule has 2 aromatic heterocycles. The predicted octanol–water partition coefficient (Wildman–Crippen LogP) is 2.94. The summed E-state index contributed by atoms with van der Waals surface area (Å²) < 4.78 is 1.91. The van der Waals surface area contributed by atoms with Crippen LogP contribution in [-0.2, 0) is 6.54 Å². The highest BCUT2D eigenvalue weighted by Gasteiger charge is 2.07. The van der Waals surface area contributed by atoms with Crippen LogP contribution < -0.4 is 5.32 Å². The Hall–Kier alpha value is -1.68. The normalized spacial score (nSPS) is 11.3. The molecule has 2 rings (SSSR count). The van der Waals surface area contributed by atoms with E-state index in [9.17, 15) is 0 Å². The molecule has 0 fully saturated rings. The van der Waals surface area contributed by atoms with Crippen LogP contribution in [0.1, 0.15) is 36.5 Å². The minimum Gasteiger partial charge on any atom is -0.312 e. The van der Waals surface area contributed by atoms with Crippen molar-refractivity contribution >= 4 is 0 Å². The summed E-state index contributed by atoms with van der Waals surface area (Å²) >= 11 is 0. The lowest BCUT2D eigenvalue weighted by atomic mass is 10.2. The molecule has 1 N–H and O–H groups in total. The van der Waals surface area contributed by atoms with Gasteiger partial charge in [-0.15, -0.1) is 0 Å². The van der Waals surface area contributed by atoms with Crippen LogP contribution in [0, 0.1) is 26.7 Å². The fourth-order valence-electron chi connectivity index (χ4n) is 2.30. The van der Waals surface area contributed by atoms with E-state index >= 15 is 0 Å². The van der Waals surface area contributed by atoms with E-state index in [0.717, 1.165) is 36.0 Å². The maximum atomic E-state index is 4.59. The van der Waals surface area contributed by atoms with Gasteiger partial charge in [-0.05, 0) is 57.0 Å². The van der Waals surface area contributed by atoms with Gasteiger partial charge < -0.3 is 5.32 Å². The molecule has 108 valence electrons. The molecule has 0 unspecified atom stereocenters. The number of hydrogen-bond acceptors (Lipinski definition) is 3. The summed E-state index contributed by atoms with van der Waals surface area (Å²) in [6.07, 6.45) is 0. The Morgan fingerprint density at radius 1 is 1.10 bits per heavy atom. The molecular formula is C16H24N4. The molecule has 20 heavy (non-hydrogen) atoms. The molecule has 2 aromatic rings. The summed E-state index contributed by atoms with van der Waals surface area (Å²) in [6.45, 7) is 12.4. The smallest absolute Gasteiger partial charge is 0.154 e. The van der Waals surface area contributed by atoms with Crippen LogP contribution >= 0.6 is 0 Å². The third-order valence-electron chi connectivity index (χ3n) is 3.11. The molecule has 0 aliphatic rings. The van der Waals surface area contributed by atoms with Gasteiger partial charge in [-0.2, -0.15) is 5.10 Å². The van der Waals surface area contributed by atoms with E-state index in [-0.39, 0.29) is 0 Å². The standard InChI is InChI=1S/C16H24N4/c1-11(2)9-17-10-15-7-12(3)18-16(8-15)20-14(5)6-13(4)19-20/h6-8,11,17H,9-10H2,1-5H3. The second-order valence-corrected chi connectivity index (χ2v) is 5.84. The van der Waals surface area contributed by atoms with Crippen LogP contribution in [0.15, 0.2) is 18.2 Å². The summed E-state index contributed by atoms with van der Waals surface area (Å²) in [5.74, 6) is 1.56. The molecule has 4 nitrogen and oxygen atoms in total. The van der Waals surface area contributed by atoms with Crippen LogP contribution in [-0.4, -0.2) is 21.3 Å². The monoisotopic (exact) mass is 272 g/mol. The highest BCUT2D eigenvalue weighted by molar-refractivity contribution is 5.32. The lowest BCUT2D eigenvalue weighted by Gasteiger charge is -2.10. The Labute approximate surface area is 121 Å². The first-order valence-corrected chi connectivity index (χ1v) is 7.17. The summed E-state index contributed by atoms with van der Waals surface area (Å²) in [7, 11) is 0. The Morgan fingerprint density at radius 3 is 2.45 bits per heavy atom. The molecule has 0 saturated carbocycles. The van der Waals surface area contributed by atoms with E-state index in [0.29, 0.717) is 5.92 Å². The van der Waals surface area contributed by atoms with Gasteiger partial charge in [0.2, 0.25) is 0 Å². The van der Waals surface area contributed by atoms with Gasteiger partial charge in [-0.1, -0.05) is 13.8 Å². The SMILES string of the molecule is Cc1cc(CNCC(C)C)cc(-n2nc(C)cc2C)n1. The van der Waals surface area contributed by atoms with Crippen molar-refractivity contribution in [3.63, 3.8) is 0 Å². The topological polar surface area (TPSA) is 42.7 Å². The minimum absolute atomic E-state index is 0.661. The molecule has 0 aliphatic carbocycles. The van der Waals surface area contributed by atoms with Crippen LogP contribution in [0.2, 0.25) is 0 Å². The number of rotatable bonds is 5. The van der Waals surface area contributed by atoms with Gasteiger partial charge >= 0.3 is 0 Å². The van der Waals surface area contributed by atoms with Crippen molar-refractivity contribution in [1.29, 1.82) is 0 Å². The van der Waals surface area contributed by atoms with E-state index in [1.54, 1.807) is 0 Å². The average molecular weight is 272 g/mol. The molecule has 0 amide bonds. The first kappa shape index (κ1) is 14.7. The summed E-state index contributed by atoms with van der Waals surface area (Å²) in [6, 6.07) is 6.31. The predicted molar refractivity (Wildman–Crippen MR) is 82.1 cm³/mol. The van der Waals surface area contributed by atoms with Crippen LogP contribution in [0.4, 0.5) is 0 Å². The number of aromatic nitrogens is 3. The number of pyridine rings is 1. The first-order chi connectivity index (χ1) is 9.45. The summed E-state index contributed by atoms with van der Waals surface area (Å²) in [5.41, 5.74) is 4.41. The third kappa shape index (κ3) is 3.67. The van der Waals surface area contributed by atoms with Crippen LogP contribution in [0.25, 0.3) is 5.82 Å². The van der Waals surface area contributed by atoms with Crippen molar-refractivity contribution in [3.05, 3.63) is 40.8 Å². The van der Waals surface area contributed by atoms with Gasteiger partial charge in [-0.25, -0.2) is 9.67 Å². The zero-order valence-corrected chi connectivity index (χ0v) is 13.1. The Bertz CT molecular complexity index is 584. The highest BCUT2D eigenvalue weighted by atomic mass is 15.3. The second kappa shape index (κ2) is 6.18. The van der Waals surface area contributed by atoms with E-state index in [4.69, 9.17) is 0 Å². The molecule has 0 aromatic carbocycles. The second-order valence-electron chi connectivity index (χ2n) is 5.84. The third-order valence-corrected chi connectivity index (χ3v) is 3.11. The van der Waals surface area contributed by atoms with Gasteiger partial charge in [0.1, 0.15) is 0 Å². The lowest BCUT2D eigenvalue weighted by Crippen LogP contribution is -2.19. The van der Waals surface area contributed by atoms with Gasteiger partial charge in [0, 0.05) is 17.9 Å².